The molecule has 1 aromatic carbocycles. The van der Waals surface area contributed by atoms with Crippen molar-refractivity contribution in [3.63, 3.8) is 0 Å². The van der Waals surface area contributed by atoms with Crippen molar-refractivity contribution < 1.29 is 17.9 Å². The third kappa shape index (κ3) is 4.47. The molecule has 3 aromatic rings. The van der Waals surface area contributed by atoms with E-state index in [0.29, 0.717) is 10.6 Å². The number of halogens is 1. The molecule has 2 aromatic heterocycles. The van der Waals surface area contributed by atoms with E-state index >= 15 is 0 Å². The quantitative estimate of drug-likeness (QED) is 0.495. The Hall–Kier alpha value is -2.96. The van der Waals surface area contributed by atoms with E-state index in [1.807, 2.05) is 0 Å². The highest BCUT2D eigenvalue weighted by Gasteiger charge is 2.27. The van der Waals surface area contributed by atoms with Crippen LogP contribution in [0.2, 0.25) is 5.02 Å². The molecule has 0 atom stereocenters. The Morgan fingerprint density at radius 3 is 2.50 bits per heavy atom. The molecule has 0 spiro atoms. The molecule has 2 heterocycles. The number of carbonyl (C=O) groups excluding carboxylic acids is 1. The minimum absolute atomic E-state index is 0.0105. The number of hydrogen-bond acceptors (Lipinski definition) is 8. The number of fused-ring (bicyclic) bond motifs is 1. The number of nitrogens with zero attached hydrogens (tertiary/aromatic N) is 5. The highest BCUT2D eigenvalue weighted by molar-refractivity contribution is 7.91. The zero-order valence-electron chi connectivity index (χ0n) is 17.8. The average molecular weight is 483 g/mol. The molecule has 0 saturated heterocycles. The minimum atomic E-state index is -3.82. The maximum absolute atomic E-state index is 13.3. The number of nitrogens with two attached hydrogens (primary N) is 1. The van der Waals surface area contributed by atoms with E-state index in [9.17, 15) is 18.0 Å². The van der Waals surface area contributed by atoms with Gasteiger partial charge in [-0.3, -0.25) is 4.57 Å². The van der Waals surface area contributed by atoms with Gasteiger partial charge < -0.3 is 15.4 Å². The van der Waals surface area contributed by atoms with Crippen LogP contribution in [0, 0.1) is 0 Å². The van der Waals surface area contributed by atoms with Crippen LogP contribution in [-0.2, 0) is 21.1 Å². The number of sulfone groups is 1. The van der Waals surface area contributed by atoms with Gasteiger partial charge in [0.1, 0.15) is 5.52 Å². The predicted molar refractivity (Wildman–Crippen MR) is 120 cm³/mol. The molecule has 0 saturated carbocycles. The Bertz CT molecular complexity index is 1320. The van der Waals surface area contributed by atoms with E-state index in [-0.39, 0.29) is 42.4 Å². The minimum Gasteiger partial charge on any atom is -0.383 e. The lowest BCUT2D eigenvalue weighted by Crippen LogP contribution is -2.39. The van der Waals surface area contributed by atoms with Gasteiger partial charge in [0.2, 0.25) is 9.84 Å². The van der Waals surface area contributed by atoms with Gasteiger partial charge in [0, 0.05) is 25.7 Å². The Balaban J connectivity index is 2.27. The number of anilines is 1. The number of rotatable bonds is 7. The fraction of sp³-hybridized carbons (Fsp3) is 0.368. The van der Waals surface area contributed by atoms with E-state index in [1.54, 1.807) is 24.3 Å². The molecular formula is C19H23ClN6O5S. The fourth-order valence-corrected chi connectivity index (χ4v) is 3.85. The summed E-state index contributed by atoms with van der Waals surface area (Å²) >= 11 is 5.93. The van der Waals surface area contributed by atoms with Gasteiger partial charge in [-0.2, -0.15) is 9.97 Å². The zero-order chi connectivity index (χ0) is 23.6. The third-order valence-electron chi connectivity index (χ3n) is 4.83. The van der Waals surface area contributed by atoms with E-state index in [2.05, 4.69) is 9.97 Å². The predicted octanol–water partition coefficient (Wildman–Crippen LogP) is 1.22. The number of amides is 1. The number of nitrogen functional groups attached to an aromatic ring is 1. The lowest BCUT2D eigenvalue weighted by atomic mass is 10.2. The van der Waals surface area contributed by atoms with Crippen LogP contribution in [0.1, 0.15) is 12.5 Å². The van der Waals surface area contributed by atoms with E-state index in [1.165, 1.54) is 30.5 Å². The second kappa shape index (κ2) is 9.27. The number of aromatic nitrogens is 4. The molecule has 0 radical (unpaired) electrons. The Kier molecular flexibility index (Phi) is 6.86. The lowest BCUT2D eigenvalue weighted by Gasteiger charge is -2.16. The highest BCUT2D eigenvalue weighted by atomic mass is 35.5. The van der Waals surface area contributed by atoms with Gasteiger partial charge in [0.05, 0.1) is 18.9 Å². The molecule has 0 fully saturated rings. The molecule has 172 valence electrons. The van der Waals surface area contributed by atoms with Crippen LogP contribution in [0.3, 0.4) is 0 Å². The highest BCUT2D eigenvalue weighted by Crippen LogP contribution is 2.21. The van der Waals surface area contributed by atoms with Crippen molar-refractivity contribution in [3.05, 3.63) is 45.3 Å². The van der Waals surface area contributed by atoms with Gasteiger partial charge in [0.15, 0.2) is 11.5 Å². The molecule has 13 heteroatoms. The summed E-state index contributed by atoms with van der Waals surface area (Å²) in [4.78, 5) is 35.6. The molecular weight excluding hydrogens is 460 g/mol. The number of hydrogen-bond donors (Lipinski definition) is 1. The summed E-state index contributed by atoms with van der Waals surface area (Å²) in [7, 11) is -0.823. The fourth-order valence-electron chi connectivity index (χ4n) is 3.00. The van der Waals surface area contributed by atoms with Crippen LogP contribution >= 0.6 is 11.6 Å². The van der Waals surface area contributed by atoms with Crippen molar-refractivity contribution in [2.45, 2.75) is 18.6 Å². The molecule has 0 aliphatic rings. The molecule has 2 N–H and O–H groups in total. The van der Waals surface area contributed by atoms with Crippen LogP contribution < -0.4 is 11.4 Å². The largest absolute Gasteiger partial charge is 0.383 e. The number of likely N-dealkylation sites (N-methyl/N-ethyl adjacent to an activating group) is 1. The van der Waals surface area contributed by atoms with E-state index in [4.69, 9.17) is 22.1 Å². The Labute approximate surface area is 189 Å². The molecule has 1 amide bonds. The van der Waals surface area contributed by atoms with Crippen LogP contribution in [0.15, 0.2) is 34.2 Å². The summed E-state index contributed by atoms with van der Waals surface area (Å²) in [5, 5.41) is 0.00792. The average Bonchev–Trinajstić information content (AvgIpc) is 3.05. The van der Waals surface area contributed by atoms with E-state index in [0.717, 1.165) is 4.57 Å². The summed E-state index contributed by atoms with van der Waals surface area (Å²) in [6, 6.07) is 6.05. The molecule has 32 heavy (non-hydrogen) atoms. The van der Waals surface area contributed by atoms with Crippen molar-refractivity contribution in [3.8, 4) is 0 Å². The second-order valence-electron chi connectivity index (χ2n) is 6.99. The molecule has 0 unspecified atom stereocenters. The van der Waals surface area contributed by atoms with Crippen LogP contribution in [0.5, 0.6) is 0 Å². The molecule has 0 bridgehead atoms. The zero-order valence-corrected chi connectivity index (χ0v) is 19.4. The van der Waals surface area contributed by atoms with Gasteiger partial charge in [-0.05, 0) is 17.7 Å². The van der Waals surface area contributed by atoms with Crippen molar-refractivity contribution in [1.82, 2.24) is 24.0 Å². The number of carbonyl (C=O) groups is 1. The maximum Gasteiger partial charge on any atom is 0.339 e. The third-order valence-corrected chi connectivity index (χ3v) is 6.59. The monoisotopic (exact) mass is 482 g/mol. The van der Waals surface area contributed by atoms with Crippen molar-refractivity contribution in [2.75, 3.05) is 38.8 Å². The van der Waals surface area contributed by atoms with Gasteiger partial charge in [-0.1, -0.05) is 30.7 Å². The van der Waals surface area contributed by atoms with Crippen LogP contribution in [0.25, 0.3) is 11.2 Å². The van der Waals surface area contributed by atoms with Crippen LogP contribution in [0.4, 0.5) is 10.6 Å². The second-order valence-corrected chi connectivity index (χ2v) is 9.60. The first kappa shape index (κ1) is 23.7. The SMILES string of the molecule is CCS(=O)(=O)c1nc(N)c2c(n1)n(Cc1ccc(Cl)cc1)c(=O)n2C(=O)N(C)CCOC. The van der Waals surface area contributed by atoms with Gasteiger partial charge in [-0.25, -0.2) is 22.6 Å². The maximum atomic E-state index is 13.3. The van der Waals surface area contributed by atoms with Crippen molar-refractivity contribution in [2.24, 2.45) is 0 Å². The summed E-state index contributed by atoms with van der Waals surface area (Å²) in [5.74, 6) is -0.541. The normalized spacial score (nSPS) is 11.8. The number of benzene rings is 1. The van der Waals surface area contributed by atoms with Crippen molar-refractivity contribution in [1.29, 1.82) is 0 Å². The number of imidazole rings is 1. The summed E-state index contributed by atoms with van der Waals surface area (Å²) < 4.78 is 31.8. The molecule has 0 aliphatic heterocycles. The molecule has 11 nitrogen and oxygen atoms in total. The Morgan fingerprint density at radius 2 is 1.91 bits per heavy atom. The van der Waals surface area contributed by atoms with E-state index < -0.39 is 26.7 Å². The topological polar surface area (TPSA) is 142 Å². The van der Waals surface area contributed by atoms with Gasteiger partial charge >= 0.3 is 11.7 Å². The first-order valence-electron chi connectivity index (χ1n) is 9.61. The summed E-state index contributed by atoms with van der Waals surface area (Å²) in [6.07, 6.45) is 0. The first-order valence-corrected chi connectivity index (χ1v) is 11.6. The number of methoxy groups -OCH3 is 1. The van der Waals surface area contributed by atoms with Gasteiger partial charge in [0.25, 0.3) is 5.16 Å². The first-order chi connectivity index (χ1) is 15.1. The van der Waals surface area contributed by atoms with Gasteiger partial charge in [-0.15, -0.1) is 0 Å². The summed E-state index contributed by atoms with van der Waals surface area (Å²) in [6.45, 7) is 1.93. The standard InChI is InChI=1S/C19H23ClN6O5S/c1-4-32(29,30)17-22-15(21)14-16(23-17)25(11-12-5-7-13(20)8-6-12)19(28)26(14)18(27)24(2)9-10-31-3/h5-8H,4,9-11H2,1-3H3,(H2,21,22,23). The van der Waals surface area contributed by atoms with Crippen molar-refractivity contribution >= 4 is 44.5 Å². The lowest BCUT2D eigenvalue weighted by molar-refractivity contribution is 0.160. The molecule has 0 aliphatic carbocycles. The Morgan fingerprint density at radius 1 is 1.25 bits per heavy atom. The molecule has 3 rings (SSSR count). The smallest absolute Gasteiger partial charge is 0.339 e. The summed E-state index contributed by atoms with van der Waals surface area (Å²) in [5.41, 5.74) is 5.88. The van der Waals surface area contributed by atoms with Crippen LogP contribution in [-0.4, -0.2) is 71.5 Å². The number of ether oxygens (including phenoxy) is 1.